The minimum absolute atomic E-state index is 0.0460. The molecule has 162 valence electrons. The molecule has 4 rings (SSSR count). The van der Waals surface area contributed by atoms with Crippen LogP contribution in [-0.2, 0) is 14.3 Å². The topological polar surface area (TPSA) is 68.3 Å². The molecular weight excluding hydrogens is 396 g/mol. The molecule has 2 heterocycles. The number of hydrogen-bond donors (Lipinski definition) is 0. The van der Waals surface area contributed by atoms with Gasteiger partial charge in [-0.2, -0.15) is 0 Å². The quantitative estimate of drug-likeness (QED) is 0.667. The fraction of sp³-hybridized carbons (Fsp3) is 0.333. The van der Waals surface area contributed by atoms with Crippen LogP contribution in [0.5, 0.6) is 11.5 Å². The van der Waals surface area contributed by atoms with Crippen molar-refractivity contribution in [3.05, 3.63) is 59.8 Å². The predicted octanol–water partition coefficient (Wildman–Crippen LogP) is 3.10. The van der Waals surface area contributed by atoms with Crippen molar-refractivity contribution >= 4 is 23.1 Å². The highest BCUT2D eigenvalue weighted by molar-refractivity contribution is 6.45. The summed E-state index contributed by atoms with van der Waals surface area (Å²) in [7, 11) is 1.52. The predicted molar refractivity (Wildman–Crippen MR) is 117 cm³/mol. The molecule has 31 heavy (non-hydrogen) atoms. The van der Waals surface area contributed by atoms with E-state index >= 15 is 0 Å². The Bertz CT molecular complexity index is 1010. The molecule has 7 nitrogen and oxygen atoms in total. The van der Waals surface area contributed by atoms with Crippen LogP contribution < -0.4 is 14.4 Å². The average Bonchev–Trinajstić information content (AvgIpc) is 3.04. The monoisotopic (exact) mass is 422 g/mol. The van der Waals surface area contributed by atoms with Crippen molar-refractivity contribution in [2.75, 3.05) is 38.3 Å². The number of nitrogens with zero attached hydrogens (tertiary/aromatic N) is 2. The Morgan fingerprint density at radius 3 is 2.26 bits per heavy atom. The lowest BCUT2D eigenvalue weighted by Crippen LogP contribution is -2.40. The van der Waals surface area contributed by atoms with Gasteiger partial charge in [0.1, 0.15) is 17.2 Å². The van der Waals surface area contributed by atoms with E-state index in [2.05, 4.69) is 0 Å². The van der Waals surface area contributed by atoms with E-state index < -0.39 is 0 Å². The Hall–Kier alpha value is -3.32. The summed E-state index contributed by atoms with van der Waals surface area (Å²) in [5, 5.41) is 0. The number of morpholine rings is 1. The summed E-state index contributed by atoms with van der Waals surface area (Å²) < 4.78 is 16.6. The molecule has 2 amide bonds. The third-order valence-electron chi connectivity index (χ3n) is 5.23. The van der Waals surface area contributed by atoms with E-state index in [-0.39, 0.29) is 17.9 Å². The fourth-order valence-electron chi connectivity index (χ4n) is 3.86. The van der Waals surface area contributed by atoms with Gasteiger partial charge in [0.15, 0.2) is 0 Å². The van der Waals surface area contributed by atoms with Crippen LogP contribution in [0.15, 0.2) is 54.2 Å². The van der Waals surface area contributed by atoms with Crippen molar-refractivity contribution in [3.8, 4) is 11.5 Å². The van der Waals surface area contributed by atoms with Gasteiger partial charge in [-0.15, -0.1) is 0 Å². The van der Waals surface area contributed by atoms with Gasteiger partial charge in [-0.05, 0) is 43.7 Å². The van der Waals surface area contributed by atoms with Crippen LogP contribution in [0.2, 0.25) is 0 Å². The second-order valence-corrected chi connectivity index (χ2v) is 7.63. The molecule has 0 aliphatic carbocycles. The maximum Gasteiger partial charge on any atom is 0.282 e. The largest absolute Gasteiger partial charge is 0.495 e. The molecule has 0 spiro atoms. The van der Waals surface area contributed by atoms with E-state index in [1.165, 1.54) is 12.0 Å². The smallest absolute Gasteiger partial charge is 0.282 e. The summed E-state index contributed by atoms with van der Waals surface area (Å²) in [4.78, 5) is 30.3. The highest BCUT2D eigenvalue weighted by Gasteiger charge is 2.43. The van der Waals surface area contributed by atoms with Crippen LogP contribution in [0.25, 0.3) is 5.57 Å². The number of imide groups is 1. The molecule has 2 aliphatic heterocycles. The van der Waals surface area contributed by atoms with Crippen molar-refractivity contribution in [3.63, 3.8) is 0 Å². The van der Waals surface area contributed by atoms with Crippen molar-refractivity contribution in [2.45, 2.75) is 20.0 Å². The number of amides is 2. The van der Waals surface area contributed by atoms with Crippen molar-refractivity contribution < 1.29 is 23.8 Å². The number of rotatable bonds is 6. The maximum absolute atomic E-state index is 13.6. The number of benzene rings is 2. The molecule has 2 aliphatic rings. The van der Waals surface area contributed by atoms with Crippen LogP contribution in [0.4, 0.5) is 5.69 Å². The number of para-hydroxylation sites is 2. The van der Waals surface area contributed by atoms with Gasteiger partial charge in [-0.1, -0.05) is 24.3 Å². The minimum Gasteiger partial charge on any atom is -0.495 e. The molecular formula is C24H26N2O5. The van der Waals surface area contributed by atoms with E-state index in [0.717, 1.165) is 0 Å². The average molecular weight is 422 g/mol. The lowest BCUT2D eigenvalue weighted by Gasteiger charge is -2.29. The van der Waals surface area contributed by atoms with Crippen molar-refractivity contribution in [1.29, 1.82) is 0 Å². The Labute approximate surface area is 181 Å². The molecule has 0 N–H and O–H groups in total. The summed E-state index contributed by atoms with van der Waals surface area (Å²) in [5.41, 5.74) is 1.89. The molecule has 2 aromatic carbocycles. The van der Waals surface area contributed by atoms with Gasteiger partial charge >= 0.3 is 0 Å². The van der Waals surface area contributed by atoms with Gasteiger partial charge in [0.05, 0.1) is 37.7 Å². The second-order valence-electron chi connectivity index (χ2n) is 7.63. The van der Waals surface area contributed by atoms with Gasteiger partial charge in [0, 0.05) is 13.1 Å². The van der Waals surface area contributed by atoms with Crippen LogP contribution in [-0.4, -0.2) is 56.2 Å². The fourth-order valence-corrected chi connectivity index (χ4v) is 3.86. The third kappa shape index (κ3) is 4.01. The van der Waals surface area contributed by atoms with Gasteiger partial charge in [-0.3, -0.25) is 9.59 Å². The number of anilines is 1. The van der Waals surface area contributed by atoms with Crippen LogP contribution in [0.1, 0.15) is 19.4 Å². The molecule has 7 heteroatoms. The lowest BCUT2D eigenvalue weighted by molar-refractivity contribution is -0.121. The summed E-state index contributed by atoms with van der Waals surface area (Å²) >= 11 is 0. The third-order valence-corrected chi connectivity index (χ3v) is 5.23. The Morgan fingerprint density at radius 2 is 1.61 bits per heavy atom. The molecule has 2 aromatic rings. The second kappa shape index (κ2) is 8.81. The number of ether oxygens (including phenoxy) is 3. The standard InChI is InChI=1S/C24H26N2O5/c1-16(2)31-18-10-8-17(9-11-18)21-22(25-12-14-30-15-13-25)24(28)26(23(21)27)19-6-4-5-7-20(19)29-3/h4-11,16H,12-15H2,1-3H3. The normalized spacial score (nSPS) is 17.0. The summed E-state index contributed by atoms with van der Waals surface area (Å²) in [5.74, 6) is 0.459. The van der Waals surface area contributed by atoms with Gasteiger partial charge in [0.2, 0.25) is 0 Å². The number of carbonyl (C=O) groups excluding carboxylic acids is 2. The van der Waals surface area contributed by atoms with E-state index in [0.29, 0.717) is 60.3 Å². The zero-order valence-corrected chi connectivity index (χ0v) is 18.0. The Morgan fingerprint density at radius 1 is 0.935 bits per heavy atom. The number of carbonyl (C=O) groups is 2. The first-order valence-corrected chi connectivity index (χ1v) is 10.4. The first kappa shape index (κ1) is 20.9. The summed E-state index contributed by atoms with van der Waals surface area (Å²) in [6.07, 6.45) is 0.0460. The molecule has 0 unspecified atom stereocenters. The molecule has 0 atom stereocenters. The molecule has 0 bridgehead atoms. The van der Waals surface area contributed by atoms with E-state index in [9.17, 15) is 9.59 Å². The zero-order valence-electron chi connectivity index (χ0n) is 18.0. The van der Waals surface area contributed by atoms with Crippen molar-refractivity contribution in [2.24, 2.45) is 0 Å². The van der Waals surface area contributed by atoms with Crippen molar-refractivity contribution in [1.82, 2.24) is 4.90 Å². The SMILES string of the molecule is COc1ccccc1N1C(=O)C(c2ccc(OC(C)C)cc2)=C(N2CCOCC2)C1=O. The van der Waals surface area contributed by atoms with Crippen LogP contribution in [0, 0.1) is 0 Å². The number of hydrogen-bond acceptors (Lipinski definition) is 6. The van der Waals surface area contributed by atoms with Gasteiger partial charge < -0.3 is 19.1 Å². The highest BCUT2D eigenvalue weighted by atomic mass is 16.5. The van der Waals surface area contributed by atoms with Crippen LogP contribution in [0.3, 0.4) is 0 Å². The first-order chi connectivity index (χ1) is 15.0. The number of methoxy groups -OCH3 is 1. The summed E-state index contributed by atoms with van der Waals surface area (Å²) in [6.45, 7) is 6.02. The molecule has 0 aromatic heterocycles. The summed E-state index contributed by atoms with van der Waals surface area (Å²) in [6, 6.07) is 14.3. The zero-order chi connectivity index (χ0) is 22.0. The minimum atomic E-state index is -0.367. The maximum atomic E-state index is 13.6. The van der Waals surface area contributed by atoms with E-state index in [1.54, 1.807) is 24.3 Å². The van der Waals surface area contributed by atoms with Gasteiger partial charge in [0.25, 0.3) is 11.8 Å². The highest BCUT2D eigenvalue weighted by Crippen LogP contribution is 2.39. The van der Waals surface area contributed by atoms with Crippen LogP contribution >= 0.6 is 0 Å². The van der Waals surface area contributed by atoms with E-state index in [1.807, 2.05) is 43.0 Å². The molecule has 0 saturated carbocycles. The molecule has 1 fully saturated rings. The Kier molecular flexibility index (Phi) is 5.95. The lowest BCUT2D eigenvalue weighted by atomic mass is 10.0. The van der Waals surface area contributed by atoms with Gasteiger partial charge in [-0.25, -0.2) is 4.90 Å². The molecule has 0 radical (unpaired) electrons. The molecule has 1 saturated heterocycles. The Balaban J connectivity index is 1.78. The first-order valence-electron chi connectivity index (χ1n) is 10.4. The van der Waals surface area contributed by atoms with E-state index in [4.69, 9.17) is 14.2 Å².